The minimum Gasteiger partial charge on any atom is -0.372 e. The van der Waals surface area contributed by atoms with E-state index in [1.165, 1.54) is 6.07 Å². The summed E-state index contributed by atoms with van der Waals surface area (Å²) in [4.78, 5) is 10.5. The van der Waals surface area contributed by atoms with Gasteiger partial charge in [-0.05, 0) is 69.7 Å². The van der Waals surface area contributed by atoms with Gasteiger partial charge in [-0.2, -0.15) is 0 Å². The van der Waals surface area contributed by atoms with Crippen LogP contribution < -0.4 is 5.32 Å². The van der Waals surface area contributed by atoms with Gasteiger partial charge in [-0.25, -0.2) is 4.39 Å². The summed E-state index contributed by atoms with van der Waals surface area (Å²) < 4.78 is 20.5. The van der Waals surface area contributed by atoms with E-state index in [-0.39, 0.29) is 23.6 Å². The highest BCUT2D eigenvalue weighted by Gasteiger charge is 2.37. The van der Waals surface area contributed by atoms with Crippen LogP contribution in [0, 0.1) is 11.7 Å². The van der Waals surface area contributed by atoms with E-state index in [1.54, 1.807) is 6.07 Å². The Balaban J connectivity index is 2.06. The molecule has 0 bridgehead atoms. The Morgan fingerprint density at radius 2 is 2.09 bits per heavy atom. The Kier molecular flexibility index (Phi) is 5.61. The fourth-order valence-electron chi connectivity index (χ4n) is 2.92. The van der Waals surface area contributed by atoms with Gasteiger partial charge in [0.25, 0.3) is 0 Å². The molecule has 0 aromatic heterocycles. The van der Waals surface area contributed by atoms with Crippen molar-refractivity contribution >= 4 is 22.3 Å². The summed E-state index contributed by atoms with van der Waals surface area (Å²) >= 11 is 3.33. The lowest BCUT2D eigenvalue weighted by atomic mass is 9.75. The fraction of sp³-hybridized carbons (Fsp3) is 0.588. The van der Waals surface area contributed by atoms with Crippen molar-refractivity contribution in [1.82, 2.24) is 5.32 Å². The van der Waals surface area contributed by atoms with Crippen molar-refractivity contribution in [2.24, 2.45) is 5.92 Å². The number of hydrogen-bond acceptors (Lipinski definition) is 2. The highest BCUT2D eigenvalue weighted by Crippen LogP contribution is 2.35. The molecular weight excluding hydrogens is 349 g/mol. The van der Waals surface area contributed by atoms with E-state index in [0.29, 0.717) is 12.3 Å². The standard InChI is InChI=1S/C17H23BrFNO2/c1-17(2,3)22-16(12-7-15(8-12)20-10-21)6-11-4-13(18)9-14(19)5-11/h4-5,9-10,12,15-16H,6-8H2,1-3H3,(H,20,21). The zero-order valence-corrected chi connectivity index (χ0v) is 14.8. The summed E-state index contributed by atoms with van der Waals surface area (Å²) in [5.41, 5.74) is 0.672. The Bertz CT molecular complexity index is 504. The molecule has 5 heteroatoms. The van der Waals surface area contributed by atoms with Gasteiger partial charge >= 0.3 is 0 Å². The first-order chi connectivity index (χ1) is 10.3. The average molecular weight is 372 g/mol. The predicted octanol–water partition coefficient (Wildman–Crippen LogP) is 3.84. The molecule has 3 nitrogen and oxygen atoms in total. The number of benzene rings is 1. The predicted molar refractivity (Wildman–Crippen MR) is 88.1 cm³/mol. The highest BCUT2D eigenvalue weighted by molar-refractivity contribution is 9.10. The Hall–Kier alpha value is -0.940. The SMILES string of the molecule is CC(C)(C)OC(Cc1cc(F)cc(Br)c1)C1CC(NC=O)C1. The maximum Gasteiger partial charge on any atom is 0.207 e. The number of hydrogen-bond donors (Lipinski definition) is 1. The van der Waals surface area contributed by atoms with E-state index in [9.17, 15) is 9.18 Å². The summed E-state index contributed by atoms with van der Waals surface area (Å²) in [5, 5.41) is 2.81. The first-order valence-electron chi connectivity index (χ1n) is 7.59. The average Bonchev–Trinajstić information content (AvgIpc) is 2.29. The van der Waals surface area contributed by atoms with Crippen LogP contribution in [0.25, 0.3) is 0 Å². The largest absolute Gasteiger partial charge is 0.372 e. The summed E-state index contributed by atoms with van der Waals surface area (Å²) in [5.74, 6) is 0.145. The third-order valence-corrected chi connectivity index (χ3v) is 4.33. The molecule has 0 saturated heterocycles. The van der Waals surface area contributed by atoms with E-state index >= 15 is 0 Å². The molecular formula is C17H23BrFNO2. The zero-order chi connectivity index (χ0) is 16.3. The quantitative estimate of drug-likeness (QED) is 0.771. The maximum atomic E-state index is 13.6. The van der Waals surface area contributed by atoms with Crippen LogP contribution in [0.3, 0.4) is 0 Å². The van der Waals surface area contributed by atoms with E-state index in [1.807, 2.05) is 26.8 Å². The minimum atomic E-state index is -0.252. The van der Waals surface area contributed by atoms with Gasteiger partial charge < -0.3 is 10.1 Å². The molecule has 1 saturated carbocycles. The molecule has 0 spiro atoms. The Morgan fingerprint density at radius 3 is 2.64 bits per heavy atom. The van der Waals surface area contributed by atoms with Crippen molar-refractivity contribution in [3.8, 4) is 0 Å². The third-order valence-electron chi connectivity index (χ3n) is 3.87. The van der Waals surface area contributed by atoms with E-state index in [2.05, 4.69) is 21.2 Å². The normalized spacial score (nSPS) is 22.8. The van der Waals surface area contributed by atoms with Gasteiger partial charge in [0.1, 0.15) is 5.82 Å². The van der Waals surface area contributed by atoms with Crippen molar-refractivity contribution in [2.75, 3.05) is 0 Å². The Labute approximate surface area is 139 Å². The van der Waals surface area contributed by atoms with Gasteiger partial charge in [0, 0.05) is 10.5 Å². The molecule has 1 aliphatic rings. The highest BCUT2D eigenvalue weighted by atomic mass is 79.9. The lowest BCUT2D eigenvalue weighted by Crippen LogP contribution is -2.48. The number of carbonyl (C=O) groups excluding carboxylic acids is 1. The van der Waals surface area contributed by atoms with Crippen LogP contribution in [0.2, 0.25) is 0 Å². The lowest BCUT2D eigenvalue weighted by molar-refractivity contribution is -0.116. The molecule has 1 aromatic rings. The summed E-state index contributed by atoms with van der Waals surface area (Å²) in [6.45, 7) is 6.09. The van der Waals surface area contributed by atoms with Gasteiger partial charge in [-0.15, -0.1) is 0 Å². The molecule has 1 N–H and O–H groups in total. The second kappa shape index (κ2) is 7.09. The van der Waals surface area contributed by atoms with Crippen LogP contribution in [0.5, 0.6) is 0 Å². The lowest BCUT2D eigenvalue weighted by Gasteiger charge is -2.42. The van der Waals surface area contributed by atoms with Crippen molar-refractivity contribution in [3.63, 3.8) is 0 Å². The maximum absolute atomic E-state index is 13.6. The van der Waals surface area contributed by atoms with Crippen molar-refractivity contribution < 1.29 is 13.9 Å². The summed E-state index contributed by atoms with van der Waals surface area (Å²) in [6.07, 6.45) is 3.28. The molecule has 22 heavy (non-hydrogen) atoms. The molecule has 1 aromatic carbocycles. The number of amides is 1. The second-order valence-corrected chi connectivity index (χ2v) is 7.88. The summed E-state index contributed by atoms with van der Waals surface area (Å²) in [6, 6.07) is 5.19. The van der Waals surface area contributed by atoms with Crippen molar-refractivity contribution in [1.29, 1.82) is 0 Å². The molecule has 1 aliphatic carbocycles. The number of carbonyl (C=O) groups is 1. The number of ether oxygens (including phenoxy) is 1. The number of rotatable bonds is 6. The van der Waals surface area contributed by atoms with Gasteiger partial charge in [0.05, 0.1) is 11.7 Å². The number of halogens is 2. The van der Waals surface area contributed by atoms with Crippen LogP contribution in [-0.2, 0) is 16.0 Å². The second-order valence-electron chi connectivity index (χ2n) is 6.96. The topological polar surface area (TPSA) is 38.3 Å². The Morgan fingerprint density at radius 1 is 1.41 bits per heavy atom. The van der Waals surface area contributed by atoms with Crippen LogP contribution in [-0.4, -0.2) is 24.2 Å². The van der Waals surface area contributed by atoms with Crippen LogP contribution in [0.15, 0.2) is 22.7 Å². The fourth-order valence-corrected chi connectivity index (χ4v) is 3.43. The zero-order valence-electron chi connectivity index (χ0n) is 13.2. The van der Waals surface area contributed by atoms with Crippen LogP contribution >= 0.6 is 15.9 Å². The third kappa shape index (κ3) is 5.06. The van der Waals surface area contributed by atoms with Crippen LogP contribution in [0.4, 0.5) is 4.39 Å². The summed E-state index contributed by atoms with van der Waals surface area (Å²) in [7, 11) is 0. The first-order valence-corrected chi connectivity index (χ1v) is 8.38. The molecule has 0 heterocycles. The molecule has 0 aliphatic heterocycles. The molecule has 0 radical (unpaired) electrons. The molecule has 1 atom stereocenters. The van der Waals surface area contributed by atoms with Crippen LogP contribution in [0.1, 0.15) is 39.2 Å². The molecule has 1 amide bonds. The van der Waals surface area contributed by atoms with Gasteiger partial charge in [0.2, 0.25) is 6.41 Å². The molecule has 1 fully saturated rings. The van der Waals surface area contributed by atoms with Gasteiger partial charge in [0.15, 0.2) is 0 Å². The smallest absolute Gasteiger partial charge is 0.207 e. The van der Waals surface area contributed by atoms with E-state index in [4.69, 9.17) is 4.74 Å². The monoisotopic (exact) mass is 371 g/mol. The first kappa shape index (κ1) is 17.4. The number of nitrogens with one attached hydrogen (secondary N) is 1. The van der Waals surface area contributed by atoms with E-state index in [0.717, 1.165) is 29.3 Å². The molecule has 122 valence electrons. The minimum absolute atomic E-state index is 0.0263. The molecule has 1 unspecified atom stereocenters. The van der Waals surface area contributed by atoms with Gasteiger partial charge in [-0.1, -0.05) is 15.9 Å². The van der Waals surface area contributed by atoms with Gasteiger partial charge in [-0.3, -0.25) is 4.79 Å². The van der Waals surface area contributed by atoms with Crippen molar-refractivity contribution in [2.45, 2.75) is 57.8 Å². The van der Waals surface area contributed by atoms with E-state index < -0.39 is 0 Å². The van der Waals surface area contributed by atoms with Crippen molar-refractivity contribution in [3.05, 3.63) is 34.1 Å². The molecule has 2 rings (SSSR count).